The lowest BCUT2D eigenvalue weighted by Gasteiger charge is -2.16. The Labute approximate surface area is 215 Å². The molecule has 0 spiro atoms. The number of aromatic nitrogens is 3. The number of hydrogen-bond donors (Lipinski definition) is 2. The summed E-state index contributed by atoms with van der Waals surface area (Å²) in [5, 5.41) is 3.51. The lowest BCUT2D eigenvalue weighted by atomic mass is 10.0. The van der Waals surface area contributed by atoms with E-state index >= 15 is 0 Å². The highest BCUT2D eigenvalue weighted by Gasteiger charge is 2.22. The summed E-state index contributed by atoms with van der Waals surface area (Å²) in [7, 11) is 0. The second-order valence-corrected chi connectivity index (χ2v) is 10.6. The number of halogens is 2. The average Bonchev–Trinajstić information content (AvgIpc) is 3.51. The van der Waals surface area contributed by atoms with E-state index in [1.807, 2.05) is 0 Å². The summed E-state index contributed by atoms with van der Waals surface area (Å²) in [5.74, 6) is 0.976. The Morgan fingerprint density at radius 3 is 2.74 bits per heavy atom. The van der Waals surface area contributed by atoms with E-state index < -0.39 is 5.91 Å². The fourth-order valence-corrected chi connectivity index (χ4v) is 5.79. The zero-order chi connectivity index (χ0) is 24.4. The molecule has 1 saturated carbocycles. The minimum absolute atomic E-state index is 0.198. The van der Waals surface area contributed by atoms with Crippen LogP contribution in [0.2, 0.25) is 9.36 Å². The molecule has 5 rings (SSSR count). The number of benzene rings is 1. The molecule has 0 aliphatic heterocycles. The molecule has 10 heteroatoms. The number of H-pyrrole nitrogens is 1. The second kappa shape index (κ2) is 10.4. The Kier molecular flexibility index (Phi) is 7.04. The normalized spacial score (nSPS) is 13.9. The summed E-state index contributed by atoms with van der Waals surface area (Å²) < 4.78 is 6.87. The number of fused-ring (bicyclic) bond motifs is 1. The van der Waals surface area contributed by atoms with Gasteiger partial charge in [0.25, 0.3) is 11.5 Å². The number of nitrogens with one attached hydrogen (secondary N) is 2. The molecule has 1 amide bonds. The zero-order valence-corrected chi connectivity index (χ0v) is 21.0. The van der Waals surface area contributed by atoms with Gasteiger partial charge in [-0.2, -0.15) is 0 Å². The monoisotopic (exact) mass is 528 g/mol. The molecule has 0 bridgehead atoms. The molecule has 1 aliphatic carbocycles. The second-order valence-electron chi connectivity index (χ2n) is 8.48. The predicted octanol–water partition coefficient (Wildman–Crippen LogP) is 6.56. The van der Waals surface area contributed by atoms with E-state index in [2.05, 4.69) is 20.3 Å². The third kappa shape index (κ3) is 5.19. The summed E-state index contributed by atoms with van der Waals surface area (Å²) >= 11 is 13.9. The zero-order valence-electron chi connectivity index (χ0n) is 18.6. The van der Waals surface area contributed by atoms with Gasteiger partial charge in [-0.25, -0.2) is 9.97 Å². The standard InChI is InChI=1S/C25H22Cl2N4O3S/c26-17-12-18-16(11-15(17)24(32)31-21-7-9-28-13-29-21)23(34-10-8-14-3-1-2-4-14)22(25(33)30-18)19-5-6-20(27)35-19/h5-7,9,11-14H,1-4,8,10H2,(H,30,33)(H,28,29,31,32). The molecule has 3 aromatic heterocycles. The Balaban J connectivity index is 1.58. The number of ether oxygens (including phenoxy) is 1. The van der Waals surface area contributed by atoms with Gasteiger partial charge in [0, 0.05) is 16.5 Å². The molecule has 4 aromatic rings. The van der Waals surface area contributed by atoms with Crippen molar-refractivity contribution in [3.63, 3.8) is 0 Å². The van der Waals surface area contributed by atoms with Gasteiger partial charge in [0.2, 0.25) is 0 Å². The van der Waals surface area contributed by atoms with Crippen molar-refractivity contribution in [2.24, 2.45) is 5.92 Å². The first-order chi connectivity index (χ1) is 17.0. The van der Waals surface area contributed by atoms with E-state index in [0.717, 1.165) is 6.42 Å². The number of pyridine rings is 1. The van der Waals surface area contributed by atoms with Crippen LogP contribution in [0.4, 0.5) is 5.82 Å². The van der Waals surface area contributed by atoms with Gasteiger partial charge in [-0.3, -0.25) is 9.59 Å². The van der Waals surface area contributed by atoms with Crippen molar-refractivity contribution >= 4 is 57.2 Å². The van der Waals surface area contributed by atoms with Crippen LogP contribution in [0.1, 0.15) is 42.5 Å². The molecule has 0 saturated heterocycles. The van der Waals surface area contributed by atoms with Crippen molar-refractivity contribution in [1.82, 2.24) is 15.0 Å². The summed E-state index contributed by atoms with van der Waals surface area (Å²) in [6.07, 6.45) is 8.70. The third-order valence-corrected chi connectivity index (χ3v) is 7.75. The Hall–Kier alpha value is -2.94. The Morgan fingerprint density at radius 1 is 1.20 bits per heavy atom. The van der Waals surface area contributed by atoms with Crippen molar-refractivity contribution in [2.75, 3.05) is 11.9 Å². The number of rotatable bonds is 7. The van der Waals surface area contributed by atoms with Crippen molar-refractivity contribution in [2.45, 2.75) is 32.1 Å². The van der Waals surface area contributed by atoms with Crippen LogP contribution in [0.3, 0.4) is 0 Å². The van der Waals surface area contributed by atoms with E-state index in [0.29, 0.717) is 49.8 Å². The first-order valence-corrected chi connectivity index (χ1v) is 12.9. The fraction of sp³-hybridized carbons (Fsp3) is 0.280. The minimum atomic E-state index is -0.431. The van der Waals surface area contributed by atoms with Crippen LogP contribution in [0.15, 0.2) is 47.7 Å². The molecule has 0 radical (unpaired) electrons. The van der Waals surface area contributed by atoms with Crippen LogP contribution in [-0.2, 0) is 0 Å². The lowest BCUT2D eigenvalue weighted by Crippen LogP contribution is -2.16. The summed E-state index contributed by atoms with van der Waals surface area (Å²) in [5.41, 5.74) is 0.813. The minimum Gasteiger partial charge on any atom is -0.492 e. The highest BCUT2D eigenvalue weighted by atomic mass is 35.5. The van der Waals surface area contributed by atoms with Gasteiger partial charge in [0.05, 0.1) is 32.6 Å². The van der Waals surface area contributed by atoms with Crippen molar-refractivity contribution in [1.29, 1.82) is 0 Å². The molecule has 1 aliphatic rings. The van der Waals surface area contributed by atoms with Crippen LogP contribution >= 0.6 is 34.5 Å². The van der Waals surface area contributed by atoms with Gasteiger partial charge in [-0.1, -0.05) is 48.9 Å². The summed E-state index contributed by atoms with van der Waals surface area (Å²) in [4.78, 5) is 37.6. The van der Waals surface area contributed by atoms with Crippen LogP contribution in [0.25, 0.3) is 21.3 Å². The third-order valence-electron chi connectivity index (χ3n) is 6.19. The number of carbonyl (C=O) groups is 1. The van der Waals surface area contributed by atoms with E-state index in [4.69, 9.17) is 27.9 Å². The van der Waals surface area contributed by atoms with Crippen molar-refractivity contribution in [3.8, 4) is 16.2 Å². The quantitative estimate of drug-likeness (QED) is 0.283. The van der Waals surface area contributed by atoms with Gasteiger partial charge >= 0.3 is 0 Å². The van der Waals surface area contributed by atoms with Gasteiger partial charge in [-0.15, -0.1) is 11.3 Å². The van der Waals surface area contributed by atoms with Crippen molar-refractivity contribution in [3.05, 3.63) is 68.1 Å². The smallest absolute Gasteiger partial charge is 0.260 e. The molecule has 0 unspecified atom stereocenters. The molecule has 7 nitrogen and oxygen atoms in total. The topological polar surface area (TPSA) is 97.0 Å². The SMILES string of the molecule is O=C(Nc1ccncn1)c1cc2c(OCCC3CCCC3)c(-c3ccc(Cl)s3)c(=O)[nH]c2cc1Cl. The van der Waals surface area contributed by atoms with E-state index in [1.54, 1.807) is 30.3 Å². The maximum absolute atomic E-state index is 13.1. The number of thiophene rings is 1. The van der Waals surface area contributed by atoms with E-state index in [1.165, 1.54) is 49.5 Å². The highest BCUT2D eigenvalue weighted by Crippen LogP contribution is 2.40. The number of nitrogens with zero attached hydrogens (tertiary/aromatic N) is 2. The first-order valence-electron chi connectivity index (χ1n) is 11.3. The average molecular weight is 529 g/mol. The number of hydrogen-bond acceptors (Lipinski definition) is 6. The number of anilines is 1. The fourth-order valence-electron chi connectivity index (χ4n) is 4.46. The van der Waals surface area contributed by atoms with Crippen molar-refractivity contribution < 1.29 is 9.53 Å². The summed E-state index contributed by atoms with van der Waals surface area (Å²) in [6, 6.07) is 8.35. The molecule has 35 heavy (non-hydrogen) atoms. The molecule has 180 valence electrons. The Bertz CT molecular complexity index is 1430. The molecule has 3 heterocycles. The Morgan fingerprint density at radius 2 is 2.03 bits per heavy atom. The maximum Gasteiger partial charge on any atom is 0.260 e. The van der Waals surface area contributed by atoms with Gasteiger partial charge in [0.15, 0.2) is 0 Å². The number of aromatic amines is 1. The largest absolute Gasteiger partial charge is 0.492 e. The number of carbonyl (C=O) groups excluding carboxylic acids is 1. The lowest BCUT2D eigenvalue weighted by molar-refractivity contribution is 0.102. The molecule has 2 N–H and O–H groups in total. The molecular weight excluding hydrogens is 507 g/mol. The van der Waals surface area contributed by atoms with Crippen LogP contribution in [0, 0.1) is 5.92 Å². The van der Waals surface area contributed by atoms with E-state index in [-0.39, 0.29) is 16.1 Å². The van der Waals surface area contributed by atoms with Gasteiger partial charge in [-0.05, 0) is 42.7 Å². The first kappa shape index (κ1) is 23.8. The van der Waals surface area contributed by atoms with Gasteiger partial charge in [0.1, 0.15) is 17.9 Å². The van der Waals surface area contributed by atoms with Crippen LogP contribution < -0.4 is 15.6 Å². The summed E-state index contributed by atoms with van der Waals surface area (Å²) in [6.45, 7) is 0.473. The molecule has 0 atom stereocenters. The molecule has 1 fully saturated rings. The molecular formula is C25H22Cl2N4O3S. The van der Waals surface area contributed by atoms with Crippen LogP contribution in [-0.4, -0.2) is 27.5 Å². The van der Waals surface area contributed by atoms with Gasteiger partial charge < -0.3 is 15.0 Å². The molecule has 1 aromatic carbocycles. The van der Waals surface area contributed by atoms with Crippen LogP contribution in [0.5, 0.6) is 5.75 Å². The highest BCUT2D eigenvalue weighted by molar-refractivity contribution is 7.19. The predicted molar refractivity (Wildman–Crippen MR) is 140 cm³/mol. The maximum atomic E-state index is 13.1. The number of amides is 1. The van der Waals surface area contributed by atoms with E-state index in [9.17, 15) is 9.59 Å².